The van der Waals surface area contributed by atoms with Gasteiger partial charge in [0, 0.05) is 12.0 Å². The third-order valence-electron chi connectivity index (χ3n) is 5.60. The summed E-state index contributed by atoms with van der Waals surface area (Å²) < 4.78 is 56.3. The maximum Gasteiger partial charge on any atom is 0.145 e. The molecule has 0 saturated heterocycles. The van der Waals surface area contributed by atoms with Crippen molar-refractivity contribution in [3.63, 3.8) is 0 Å². The summed E-state index contributed by atoms with van der Waals surface area (Å²) in [7, 11) is 0. The van der Waals surface area contributed by atoms with Gasteiger partial charge in [-0.15, -0.1) is 0 Å². The molecular formula is C22H23ClF4. The van der Waals surface area contributed by atoms with Gasteiger partial charge in [-0.3, -0.25) is 0 Å². The van der Waals surface area contributed by atoms with E-state index in [1.54, 1.807) is 0 Å². The summed E-state index contributed by atoms with van der Waals surface area (Å²) in [5.41, 5.74) is 0.636. The fraction of sp³-hybridized carbons (Fsp3) is 0.455. The van der Waals surface area contributed by atoms with Crippen LogP contribution in [-0.2, 0) is 6.42 Å². The van der Waals surface area contributed by atoms with Gasteiger partial charge in [-0.2, -0.15) is 0 Å². The average molecular weight is 399 g/mol. The Balaban J connectivity index is 1.78. The van der Waals surface area contributed by atoms with Crippen LogP contribution in [-0.4, -0.2) is 0 Å². The van der Waals surface area contributed by atoms with E-state index in [1.807, 2.05) is 0 Å². The molecule has 1 aliphatic carbocycles. The molecule has 2 aromatic rings. The molecule has 5 heteroatoms. The summed E-state index contributed by atoms with van der Waals surface area (Å²) in [4.78, 5) is 0. The van der Waals surface area contributed by atoms with Crippen molar-refractivity contribution in [3.05, 3.63) is 69.2 Å². The van der Waals surface area contributed by atoms with Crippen molar-refractivity contribution in [3.8, 4) is 0 Å². The van der Waals surface area contributed by atoms with Gasteiger partial charge in [0.1, 0.15) is 28.3 Å². The molecule has 3 rings (SSSR count). The van der Waals surface area contributed by atoms with Crippen molar-refractivity contribution < 1.29 is 17.6 Å². The van der Waals surface area contributed by atoms with Gasteiger partial charge in [0.05, 0.1) is 0 Å². The monoisotopic (exact) mass is 398 g/mol. The molecule has 1 saturated carbocycles. The van der Waals surface area contributed by atoms with E-state index in [4.69, 9.17) is 11.6 Å². The predicted molar refractivity (Wildman–Crippen MR) is 100 cm³/mol. The maximum atomic E-state index is 14.6. The summed E-state index contributed by atoms with van der Waals surface area (Å²) in [6.45, 7) is 2.17. The molecular weight excluding hydrogens is 376 g/mol. The zero-order valence-corrected chi connectivity index (χ0v) is 16.1. The molecule has 0 aliphatic heterocycles. The highest BCUT2D eigenvalue weighted by Gasteiger charge is 2.24. The number of hydrogen-bond donors (Lipinski definition) is 0. The first kappa shape index (κ1) is 20.2. The van der Waals surface area contributed by atoms with Crippen LogP contribution in [0.3, 0.4) is 0 Å². The van der Waals surface area contributed by atoms with Crippen LogP contribution in [0.5, 0.6) is 0 Å². The lowest BCUT2D eigenvalue weighted by molar-refractivity contribution is 0.307. The Hall–Kier alpha value is -1.55. The molecule has 0 heterocycles. The SMILES string of the molecule is CCCC1CCC(c2cc(F)c(Cc3cc(F)c(Cl)c(F)c3)c(F)c2)CC1. The van der Waals surface area contributed by atoms with Crippen LogP contribution in [0.15, 0.2) is 24.3 Å². The van der Waals surface area contributed by atoms with Crippen molar-refractivity contribution in [2.45, 2.75) is 57.8 Å². The second-order valence-corrected chi connectivity index (χ2v) is 7.90. The van der Waals surface area contributed by atoms with Gasteiger partial charge in [0.15, 0.2) is 0 Å². The van der Waals surface area contributed by atoms with Crippen LogP contribution < -0.4 is 0 Å². The van der Waals surface area contributed by atoms with Gasteiger partial charge in [-0.1, -0.05) is 31.4 Å². The summed E-state index contributed by atoms with van der Waals surface area (Å²) in [6, 6.07) is 4.78. The number of hydrogen-bond acceptors (Lipinski definition) is 0. The van der Waals surface area contributed by atoms with Crippen molar-refractivity contribution in [1.29, 1.82) is 0 Å². The zero-order valence-electron chi connectivity index (χ0n) is 15.3. The smallest absolute Gasteiger partial charge is 0.145 e. The minimum Gasteiger partial charge on any atom is -0.207 e. The van der Waals surface area contributed by atoms with Crippen LogP contribution in [0.25, 0.3) is 0 Å². The largest absolute Gasteiger partial charge is 0.207 e. The van der Waals surface area contributed by atoms with Crippen molar-refractivity contribution >= 4 is 11.6 Å². The fourth-order valence-corrected chi connectivity index (χ4v) is 4.24. The molecule has 0 bridgehead atoms. The third kappa shape index (κ3) is 4.66. The minimum atomic E-state index is -0.937. The highest BCUT2D eigenvalue weighted by atomic mass is 35.5. The van der Waals surface area contributed by atoms with Crippen LogP contribution in [0.4, 0.5) is 17.6 Å². The highest BCUT2D eigenvalue weighted by Crippen LogP contribution is 2.38. The van der Waals surface area contributed by atoms with Crippen LogP contribution in [0, 0.1) is 29.2 Å². The van der Waals surface area contributed by atoms with E-state index in [0.29, 0.717) is 5.56 Å². The Morgan fingerprint density at radius 1 is 0.852 bits per heavy atom. The number of rotatable bonds is 5. The predicted octanol–water partition coefficient (Wildman–Crippen LogP) is 7.56. The normalized spacial score (nSPS) is 20.1. The first-order valence-corrected chi connectivity index (χ1v) is 9.88. The van der Waals surface area contributed by atoms with Crippen LogP contribution in [0.2, 0.25) is 5.02 Å². The molecule has 2 aromatic carbocycles. The third-order valence-corrected chi connectivity index (χ3v) is 5.96. The maximum absolute atomic E-state index is 14.6. The molecule has 0 amide bonds. The van der Waals surface area contributed by atoms with E-state index in [9.17, 15) is 17.6 Å². The Kier molecular flexibility index (Phi) is 6.46. The topological polar surface area (TPSA) is 0 Å². The van der Waals surface area contributed by atoms with Crippen LogP contribution in [0.1, 0.15) is 68.1 Å². The van der Waals surface area contributed by atoms with Crippen molar-refractivity contribution in [2.24, 2.45) is 5.92 Å². The molecule has 27 heavy (non-hydrogen) atoms. The van der Waals surface area contributed by atoms with Gasteiger partial charge < -0.3 is 0 Å². The molecule has 0 N–H and O–H groups in total. The van der Waals surface area contributed by atoms with Gasteiger partial charge in [-0.05, 0) is 72.9 Å². The molecule has 1 fully saturated rings. The summed E-state index contributed by atoms with van der Waals surface area (Å²) in [5, 5.41) is -0.617. The molecule has 146 valence electrons. The lowest BCUT2D eigenvalue weighted by Gasteiger charge is -2.29. The second-order valence-electron chi connectivity index (χ2n) is 7.52. The first-order chi connectivity index (χ1) is 12.9. The minimum absolute atomic E-state index is 0.139. The van der Waals surface area contributed by atoms with Gasteiger partial charge in [-0.25, -0.2) is 17.6 Å². The second kappa shape index (κ2) is 8.64. The lowest BCUT2D eigenvalue weighted by atomic mass is 9.77. The van der Waals surface area contributed by atoms with E-state index in [-0.39, 0.29) is 23.5 Å². The highest BCUT2D eigenvalue weighted by molar-refractivity contribution is 6.30. The van der Waals surface area contributed by atoms with E-state index >= 15 is 0 Å². The van der Waals surface area contributed by atoms with E-state index in [1.165, 1.54) is 25.0 Å². The molecule has 0 spiro atoms. The van der Waals surface area contributed by atoms with Crippen LogP contribution >= 0.6 is 11.6 Å². The van der Waals surface area contributed by atoms with E-state index in [2.05, 4.69) is 6.92 Å². The Morgan fingerprint density at radius 2 is 1.41 bits per heavy atom. The quantitative estimate of drug-likeness (QED) is 0.360. The van der Waals surface area contributed by atoms with E-state index in [0.717, 1.165) is 43.7 Å². The fourth-order valence-electron chi connectivity index (χ4n) is 4.13. The Labute approximate surface area is 162 Å². The molecule has 0 unspecified atom stereocenters. The van der Waals surface area contributed by atoms with Gasteiger partial charge in [0.2, 0.25) is 0 Å². The average Bonchev–Trinajstić information content (AvgIpc) is 2.63. The molecule has 0 radical (unpaired) electrons. The van der Waals surface area contributed by atoms with Gasteiger partial charge >= 0.3 is 0 Å². The molecule has 0 aromatic heterocycles. The van der Waals surface area contributed by atoms with Crippen molar-refractivity contribution in [2.75, 3.05) is 0 Å². The molecule has 1 aliphatic rings. The lowest BCUT2D eigenvalue weighted by Crippen LogP contribution is -2.14. The van der Waals surface area contributed by atoms with Gasteiger partial charge in [0.25, 0.3) is 0 Å². The molecule has 0 nitrogen and oxygen atoms in total. The Morgan fingerprint density at radius 3 is 1.93 bits per heavy atom. The zero-order chi connectivity index (χ0) is 19.6. The number of halogens is 5. The number of benzene rings is 2. The van der Waals surface area contributed by atoms with Crippen molar-refractivity contribution in [1.82, 2.24) is 0 Å². The summed E-state index contributed by atoms with van der Waals surface area (Å²) in [6.07, 6.45) is 6.21. The standard InChI is InChI=1S/C22H23ClF4/c1-2-3-13-4-6-15(7-5-13)16-11-18(24)17(19(25)12-16)8-14-9-20(26)22(23)21(27)10-14/h9-13,15H,2-8H2,1H3. The Bertz CT molecular complexity index is 764. The summed E-state index contributed by atoms with van der Waals surface area (Å²) >= 11 is 5.45. The summed E-state index contributed by atoms with van der Waals surface area (Å²) in [5.74, 6) is -2.33. The first-order valence-electron chi connectivity index (χ1n) is 9.50. The molecule has 0 atom stereocenters. The van der Waals surface area contributed by atoms with E-state index < -0.39 is 28.3 Å².